The minimum Gasteiger partial charge on any atom is -0.480 e. The van der Waals surface area contributed by atoms with E-state index in [-0.39, 0.29) is 71.4 Å². The number of phosphoric ester groups is 1. The van der Waals surface area contributed by atoms with Gasteiger partial charge in [-0.05, 0) is 19.3 Å². The van der Waals surface area contributed by atoms with E-state index in [4.69, 9.17) is 16.0 Å². The molecule has 286 valence electrons. The summed E-state index contributed by atoms with van der Waals surface area (Å²) in [5.41, 5.74) is 8.47. The summed E-state index contributed by atoms with van der Waals surface area (Å²) >= 11 is 0. The van der Waals surface area contributed by atoms with E-state index in [0.29, 0.717) is 0 Å². The molecule has 0 saturated carbocycles. The third-order valence-electron chi connectivity index (χ3n) is 7.28. The molecule has 0 aromatic carbocycles. The first-order valence-corrected chi connectivity index (χ1v) is 16.7. The normalized spacial score (nSPS) is 18.9. The highest BCUT2D eigenvalue weighted by Crippen LogP contribution is 2.43. The quantitative estimate of drug-likeness (QED) is 0.0382. The average Bonchev–Trinajstić information content (AvgIpc) is 2.97. The van der Waals surface area contributed by atoms with Crippen LogP contribution in [0.1, 0.15) is 32.1 Å². The molecule has 3 unspecified atom stereocenters. The van der Waals surface area contributed by atoms with Crippen molar-refractivity contribution in [2.75, 3.05) is 78.7 Å². The second-order valence-electron chi connectivity index (χ2n) is 11.2. The molecule has 50 heavy (non-hydrogen) atoms. The zero-order valence-corrected chi connectivity index (χ0v) is 28.1. The van der Waals surface area contributed by atoms with Crippen molar-refractivity contribution in [1.29, 1.82) is 0 Å². The van der Waals surface area contributed by atoms with Crippen LogP contribution in [0.25, 0.3) is 0 Å². The van der Waals surface area contributed by atoms with Crippen LogP contribution in [0, 0.1) is 0 Å². The number of nitrogens with zero attached hydrogens (tertiary/aromatic N) is 3. The maximum Gasteiger partial charge on any atom is 0.472 e. The molecule has 3 amide bonds. The van der Waals surface area contributed by atoms with Crippen molar-refractivity contribution in [2.24, 2.45) is 11.5 Å². The molecule has 0 aromatic rings. The molecule has 1 rings (SSSR count). The van der Waals surface area contributed by atoms with Gasteiger partial charge in [0.05, 0.1) is 39.4 Å². The van der Waals surface area contributed by atoms with Crippen molar-refractivity contribution < 1.29 is 82.0 Å². The second kappa shape index (κ2) is 21.9. The molecule has 1 heterocycles. The first-order valence-electron chi connectivity index (χ1n) is 15.2. The van der Waals surface area contributed by atoms with Gasteiger partial charge in [-0.1, -0.05) is 6.42 Å². The van der Waals surface area contributed by atoms with Gasteiger partial charge in [-0.25, -0.2) is 14.2 Å². The zero-order valence-electron chi connectivity index (χ0n) is 27.2. The molecule has 1 fully saturated rings. The number of phosphoric acid groups is 1. The maximum absolute atomic E-state index is 12.4. The third-order valence-corrected chi connectivity index (χ3v) is 8.26. The largest absolute Gasteiger partial charge is 0.480 e. The predicted octanol–water partition coefficient (Wildman–Crippen LogP) is -2.26. The van der Waals surface area contributed by atoms with Crippen LogP contribution in [0.3, 0.4) is 0 Å². The van der Waals surface area contributed by atoms with E-state index in [0.717, 1.165) is 0 Å². The van der Waals surface area contributed by atoms with E-state index in [9.17, 15) is 63.4 Å². The highest BCUT2D eigenvalue weighted by atomic mass is 31.2. The molecule has 3 atom stereocenters. The molecule has 0 radical (unpaired) electrons. The van der Waals surface area contributed by atoms with Crippen LogP contribution in [0.2, 0.25) is 0 Å². The fraction of sp³-hybridized carbons (Fsp3) is 0.731. The molecular weight excluding hydrogens is 699 g/mol. The zero-order chi connectivity index (χ0) is 37.9. The van der Waals surface area contributed by atoms with Gasteiger partial charge in [0.25, 0.3) is 0 Å². The molecule has 1 aliphatic heterocycles. The molecule has 10 N–H and O–H groups in total. The average molecular weight is 745 g/mol. The van der Waals surface area contributed by atoms with E-state index in [1.54, 1.807) is 4.90 Å². The number of amides is 3. The number of aliphatic carboxylic acids is 4. The van der Waals surface area contributed by atoms with E-state index in [2.05, 4.69) is 19.3 Å². The van der Waals surface area contributed by atoms with Gasteiger partial charge in [0, 0.05) is 44.7 Å². The lowest BCUT2D eigenvalue weighted by atomic mass is 9.84. The molecule has 1 saturated heterocycles. The number of ether oxygens (including phenoxy) is 2. The van der Waals surface area contributed by atoms with Gasteiger partial charge in [-0.3, -0.25) is 47.7 Å². The number of nitrogens with one attached hydrogen (secondary N) is 1. The Labute approximate surface area is 285 Å². The Balaban J connectivity index is 2.84. The van der Waals surface area contributed by atoms with E-state index < -0.39 is 101 Å². The number of carboxylic acid groups (broad SMARTS) is 4. The number of carboxylic acids is 4. The standard InChI is InChI=1S/C26H45N6O17P/c27-24(42)46-15-18(49-25(28)43)16-48-50(44,45)47-10-6-29-19(33)3-1-2-4-26(32(13-22(38)39)14-23(40)41)5-7-30(11-20(34)35)8-9-31(17-26)12-21(36)37/h18H,1-17H2,(H2,27,42)(H2,28,43)(H,29,33)(H,34,35)(H,36,37)(H,38,39)(H,40,41)(H,44,45). The summed E-state index contributed by atoms with van der Waals surface area (Å²) < 4.78 is 30.6. The Morgan fingerprint density at radius 3 is 1.98 bits per heavy atom. The van der Waals surface area contributed by atoms with Crippen LogP contribution in [0.4, 0.5) is 9.59 Å². The number of primary amides is 2. The van der Waals surface area contributed by atoms with Crippen molar-refractivity contribution in [3.05, 3.63) is 0 Å². The predicted molar refractivity (Wildman–Crippen MR) is 166 cm³/mol. The number of nitrogens with two attached hydrogens (primary N) is 2. The maximum atomic E-state index is 12.4. The van der Waals surface area contributed by atoms with Crippen LogP contribution < -0.4 is 16.8 Å². The lowest BCUT2D eigenvalue weighted by Gasteiger charge is -2.48. The minimum atomic E-state index is -4.73. The Bertz CT molecular complexity index is 1230. The highest BCUT2D eigenvalue weighted by molar-refractivity contribution is 7.47. The molecule has 24 heteroatoms. The second-order valence-corrected chi connectivity index (χ2v) is 12.7. The summed E-state index contributed by atoms with van der Waals surface area (Å²) in [5.74, 6) is -5.46. The lowest BCUT2D eigenvalue weighted by molar-refractivity contribution is -0.148. The first kappa shape index (κ1) is 43.9. The van der Waals surface area contributed by atoms with Gasteiger partial charge in [0.2, 0.25) is 5.91 Å². The van der Waals surface area contributed by atoms with Crippen molar-refractivity contribution in [2.45, 2.75) is 43.7 Å². The summed E-state index contributed by atoms with van der Waals surface area (Å²) in [7, 11) is -4.73. The number of carbonyl (C=O) groups is 7. The Morgan fingerprint density at radius 1 is 0.820 bits per heavy atom. The van der Waals surface area contributed by atoms with Crippen LogP contribution in [-0.2, 0) is 47.1 Å². The SMILES string of the molecule is NC(=O)OCC(COP(=O)(O)OCCNC(=O)CCCCC1(N(CC(=O)O)CC(=O)O)CCN(CC(=O)O)CCN(CC(=O)O)C1)OC(N)=O. The van der Waals surface area contributed by atoms with Gasteiger partial charge >= 0.3 is 43.9 Å². The monoisotopic (exact) mass is 744 g/mol. The van der Waals surface area contributed by atoms with Gasteiger partial charge in [0.1, 0.15) is 6.61 Å². The molecular formula is C26H45N6O17P. The fourth-order valence-electron chi connectivity index (χ4n) is 5.20. The summed E-state index contributed by atoms with van der Waals surface area (Å²) in [5, 5.41) is 40.5. The number of rotatable bonds is 24. The van der Waals surface area contributed by atoms with Gasteiger partial charge in [-0.15, -0.1) is 0 Å². The van der Waals surface area contributed by atoms with E-state index in [1.807, 2.05) is 0 Å². The fourth-order valence-corrected chi connectivity index (χ4v) is 5.95. The Kier molecular flexibility index (Phi) is 19.2. The highest BCUT2D eigenvalue weighted by Gasteiger charge is 2.41. The van der Waals surface area contributed by atoms with Crippen molar-refractivity contribution >= 4 is 49.8 Å². The Hall–Kier alpha value is -4.12. The van der Waals surface area contributed by atoms with Gasteiger partial charge in [0.15, 0.2) is 6.10 Å². The van der Waals surface area contributed by atoms with Gasteiger partial charge < -0.3 is 51.6 Å². The van der Waals surface area contributed by atoms with Crippen molar-refractivity contribution in [1.82, 2.24) is 20.0 Å². The number of unbranched alkanes of at least 4 members (excludes halogenated alkanes) is 1. The molecule has 0 spiro atoms. The topological polar surface area (TPSA) is 348 Å². The van der Waals surface area contributed by atoms with Gasteiger partial charge in [-0.2, -0.15) is 0 Å². The molecule has 1 aliphatic rings. The number of hydrogen-bond acceptors (Lipinski definition) is 15. The van der Waals surface area contributed by atoms with E-state index in [1.165, 1.54) is 9.80 Å². The first-order chi connectivity index (χ1) is 23.3. The minimum absolute atomic E-state index is 0.0266. The number of hydrogen-bond donors (Lipinski definition) is 8. The lowest BCUT2D eigenvalue weighted by Crippen LogP contribution is -2.62. The van der Waals surface area contributed by atoms with Crippen molar-refractivity contribution in [3.8, 4) is 0 Å². The molecule has 0 bridgehead atoms. The van der Waals surface area contributed by atoms with E-state index >= 15 is 0 Å². The van der Waals surface area contributed by atoms with Crippen molar-refractivity contribution in [3.63, 3.8) is 0 Å². The molecule has 23 nitrogen and oxygen atoms in total. The Morgan fingerprint density at radius 2 is 1.42 bits per heavy atom. The van der Waals surface area contributed by atoms with Crippen LogP contribution in [0.5, 0.6) is 0 Å². The third kappa shape index (κ3) is 19.2. The summed E-state index contributed by atoms with van der Waals surface area (Å²) in [6.07, 6.45) is -3.24. The smallest absolute Gasteiger partial charge is 0.472 e. The molecule has 0 aromatic heterocycles. The van der Waals surface area contributed by atoms with Crippen LogP contribution >= 0.6 is 7.82 Å². The summed E-state index contributed by atoms with van der Waals surface area (Å²) in [6, 6.07) is 0. The van der Waals surface area contributed by atoms with Crippen LogP contribution in [0.15, 0.2) is 0 Å². The summed E-state index contributed by atoms with van der Waals surface area (Å²) in [6.45, 7) is -3.87. The number of carbonyl (C=O) groups excluding carboxylic acids is 3. The summed E-state index contributed by atoms with van der Waals surface area (Å²) in [4.78, 5) is 94.9. The molecule has 0 aliphatic carbocycles. The van der Waals surface area contributed by atoms with Crippen LogP contribution in [-0.4, -0.2) is 172 Å².